The number of hydrogen-bond donors (Lipinski definition) is 0. The van der Waals surface area contributed by atoms with E-state index < -0.39 is 0 Å². The maximum absolute atomic E-state index is 5.42. The summed E-state index contributed by atoms with van der Waals surface area (Å²) in [7, 11) is 0. The molecule has 1 aliphatic rings. The van der Waals surface area contributed by atoms with Crippen LogP contribution in [-0.2, 0) is 5.41 Å². The molecule has 0 atom stereocenters. The third kappa shape index (κ3) is 3.79. The molecule has 0 spiro atoms. The van der Waals surface area contributed by atoms with Crippen molar-refractivity contribution < 1.29 is 0 Å². The van der Waals surface area contributed by atoms with Gasteiger partial charge in [-0.15, -0.1) is 11.3 Å². The second-order valence-corrected chi connectivity index (χ2v) is 14.1. The predicted molar refractivity (Wildman–Crippen MR) is 198 cm³/mol. The molecule has 0 bridgehead atoms. The van der Waals surface area contributed by atoms with E-state index in [1.54, 1.807) is 0 Å². The monoisotopic (exact) mass is 619 g/mol. The average Bonchev–Trinajstić information content (AvgIpc) is 3.73. The molecule has 10 rings (SSSR count). The lowest BCUT2D eigenvalue weighted by Crippen LogP contribution is -2.15. The average molecular weight is 620 g/mol. The van der Waals surface area contributed by atoms with E-state index in [2.05, 4.69) is 158 Å². The number of hydrogen-bond acceptors (Lipinski definition) is 3. The maximum atomic E-state index is 5.42. The van der Waals surface area contributed by atoms with Crippen LogP contribution in [-0.4, -0.2) is 14.5 Å². The second-order valence-electron chi connectivity index (χ2n) is 13.0. The summed E-state index contributed by atoms with van der Waals surface area (Å²) in [5.41, 5.74) is 11.5. The summed E-state index contributed by atoms with van der Waals surface area (Å²) >= 11 is 1.83. The number of thiophene rings is 1. The van der Waals surface area contributed by atoms with Crippen LogP contribution in [0, 0.1) is 0 Å². The van der Waals surface area contributed by atoms with Crippen LogP contribution in [0.3, 0.4) is 0 Å². The zero-order valence-electron chi connectivity index (χ0n) is 26.0. The minimum Gasteiger partial charge on any atom is -0.278 e. The minimum absolute atomic E-state index is 0.115. The largest absolute Gasteiger partial charge is 0.278 e. The number of nitrogens with zero attached hydrogens (tertiary/aromatic N) is 3. The van der Waals surface area contributed by atoms with E-state index in [1.165, 1.54) is 53.2 Å². The lowest BCUT2D eigenvalue weighted by atomic mass is 9.82. The summed E-state index contributed by atoms with van der Waals surface area (Å²) in [5.74, 6) is 0.680. The molecular weight excluding hydrogens is 591 g/mol. The summed E-state index contributed by atoms with van der Waals surface area (Å²) in [4.78, 5) is 10.7. The molecule has 3 nitrogen and oxygen atoms in total. The fourth-order valence-electron chi connectivity index (χ4n) is 7.76. The van der Waals surface area contributed by atoms with E-state index in [4.69, 9.17) is 9.97 Å². The van der Waals surface area contributed by atoms with Crippen molar-refractivity contribution in [1.29, 1.82) is 0 Å². The van der Waals surface area contributed by atoms with E-state index in [-0.39, 0.29) is 5.41 Å². The van der Waals surface area contributed by atoms with Crippen molar-refractivity contribution in [2.24, 2.45) is 0 Å². The Labute approximate surface area is 276 Å². The third-order valence-electron chi connectivity index (χ3n) is 10.0. The lowest BCUT2D eigenvalue weighted by molar-refractivity contribution is 0.661. The van der Waals surface area contributed by atoms with Crippen molar-refractivity contribution in [3.63, 3.8) is 0 Å². The van der Waals surface area contributed by atoms with Crippen molar-refractivity contribution in [1.82, 2.24) is 14.5 Å². The molecule has 0 unspecified atom stereocenters. The van der Waals surface area contributed by atoms with Crippen molar-refractivity contribution in [2.45, 2.75) is 19.3 Å². The van der Waals surface area contributed by atoms with Crippen LogP contribution in [0.25, 0.3) is 81.6 Å². The molecule has 0 aliphatic heterocycles. The van der Waals surface area contributed by atoms with E-state index in [9.17, 15) is 0 Å². The summed E-state index contributed by atoms with van der Waals surface area (Å²) < 4.78 is 4.81. The highest BCUT2D eigenvalue weighted by Crippen LogP contribution is 2.51. The zero-order valence-corrected chi connectivity index (χ0v) is 26.8. The normalized spacial score (nSPS) is 13.5. The van der Waals surface area contributed by atoms with Gasteiger partial charge in [-0.1, -0.05) is 123 Å². The predicted octanol–water partition coefficient (Wildman–Crippen LogP) is 11.6. The quantitative estimate of drug-likeness (QED) is 0.197. The Morgan fingerprint density at radius 3 is 2.11 bits per heavy atom. The summed E-state index contributed by atoms with van der Waals surface area (Å²) in [5, 5.41) is 4.97. The molecule has 0 fully saturated rings. The van der Waals surface area contributed by atoms with E-state index in [0.29, 0.717) is 5.95 Å². The van der Waals surface area contributed by atoms with E-state index in [0.717, 1.165) is 33.5 Å². The highest BCUT2D eigenvalue weighted by Gasteiger charge is 2.36. The number of para-hydroxylation sites is 1. The fourth-order valence-corrected chi connectivity index (χ4v) is 8.98. The first-order valence-corrected chi connectivity index (χ1v) is 16.9. The Balaban J connectivity index is 1.29. The van der Waals surface area contributed by atoms with Gasteiger partial charge in [0.05, 0.1) is 22.4 Å². The molecular formula is C43H29N3S. The minimum atomic E-state index is -0.115. The van der Waals surface area contributed by atoms with E-state index in [1.807, 2.05) is 11.3 Å². The lowest BCUT2D eigenvalue weighted by Gasteiger charge is -2.21. The molecule has 1 aliphatic carbocycles. The third-order valence-corrected chi connectivity index (χ3v) is 11.3. The van der Waals surface area contributed by atoms with Gasteiger partial charge in [-0.3, -0.25) is 4.57 Å². The molecule has 0 radical (unpaired) electrons. The summed E-state index contributed by atoms with van der Waals surface area (Å²) in [6.07, 6.45) is 0. The summed E-state index contributed by atoms with van der Waals surface area (Å²) in [6.45, 7) is 4.68. The Morgan fingerprint density at radius 1 is 0.511 bits per heavy atom. The molecule has 6 aromatic carbocycles. The molecule has 47 heavy (non-hydrogen) atoms. The molecule has 0 N–H and O–H groups in total. The first-order valence-electron chi connectivity index (χ1n) is 16.1. The van der Waals surface area contributed by atoms with Crippen molar-refractivity contribution >= 4 is 53.3 Å². The highest BCUT2D eigenvalue weighted by molar-refractivity contribution is 7.26. The Morgan fingerprint density at radius 2 is 1.21 bits per heavy atom. The second kappa shape index (κ2) is 9.71. The highest BCUT2D eigenvalue weighted by atomic mass is 32.1. The molecule has 3 heterocycles. The Bertz CT molecular complexity index is 2710. The van der Waals surface area contributed by atoms with Gasteiger partial charge in [0, 0.05) is 47.5 Å². The van der Waals surface area contributed by atoms with E-state index >= 15 is 0 Å². The number of rotatable bonds is 3. The smallest absolute Gasteiger partial charge is 0.235 e. The molecule has 4 heteroatoms. The number of benzene rings is 6. The molecule has 0 saturated carbocycles. The Kier molecular flexibility index (Phi) is 5.50. The van der Waals surface area contributed by atoms with Gasteiger partial charge in [0.2, 0.25) is 5.95 Å². The van der Waals surface area contributed by atoms with Crippen LogP contribution < -0.4 is 0 Å². The van der Waals surface area contributed by atoms with Crippen LogP contribution in [0.2, 0.25) is 0 Å². The van der Waals surface area contributed by atoms with Crippen LogP contribution in [0.1, 0.15) is 25.0 Å². The van der Waals surface area contributed by atoms with Gasteiger partial charge in [0.15, 0.2) is 0 Å². The van der Waals surface area contributed by atoms with Gasteiger partial charge in [-0.25, -0.2) is 9.97 Å². The molecule has 0 saturated heterocycles. The maximum Gasteiger partial charge on any atom is 0.235 e. The summed E-state index contributed by atoms with van der Waals surface area (Å²) in [6, 6.07) is 50.2. The van der Waals surface area contributed by atoms with Crippen LogP contribution in [0.5, 0.6) is 0 Å². The first-order chi connectivity index (χ1) is 23.1. The van der Waals surface area contributed by atoms with Crippen molar-refractivity contribution in [3.8, 4) is 39.6 Å². The Hall–Kier alpha value is -5.58. The van der Waals surface area contributed by atoms with Crippen LogP contribution >= 0.6 is 11.3 Å². The zero-order chi connectivity index (χ0) is 31.3. The van der Waals surface area contributed by atoms with Gasteiger partial charge in [0.25, 0.3) is 0 Å². The van der Waals surface area contributed by atoms with Gasteiger partial charge < -0.3 is 0 Å². The van der Waals surface area contributed by atoms with Crippen molar-refractivity contribution in [3.05, 3.63) is 151 Å². The van der Waals surface area contributed by atoms with Crippen LogP contribution in [0.15, 0.2) is 140 Å². The SMILES string of the molecule is CC1(C)c2ccccc2-c2cc3c4ccccc4n(-c4nc(-c5ccccc5)cc(-c5cccc6c5sc5ccccc56)n4)c3cc21. The molecule has 222 valence electrons. The first kappa shape index (κ1) is 26.6. The number of aromatic nitrogens is 3. The fraction of sp³-hybridized carbons (Fsp3) is 0.0698. The van der Waals surface area contributed by atoms with Crippen LogP contribution in [0.4, 0.5) is 0 Å². The van der Waals surface area contributed by atoms with Gasteiger partial charge in [-0.05, 0) is 52.6 Å². The van der Waals surface area contributed by atoms with Gasteiger partial charge >= 0.3 is 0 Å². The topological polar surface area (TPSA) is 30.7 Å². The molecule has 0 amide bonds. The van der Waals surface area contributed by atoms with Crippen molar-refractivity contribution in [2.75, 3.05) is 0 Å². The van der Waals surface area contributed by atoms with Gasteiger partial charge in [-0.2, -0.15) is 0 Å². The van der Waals surface area contributed by atoms with Gasteiger partial charge in [0.1, 0.15) is 0 Å². The molecule has 9 aromatic rings. The number of fused-ring (bicyclic) bond motifs is 9. The molecule has 3 aromatic heterocycles. The standard InChI is InChI=1S/C43H29N3S/c1-43(2)34-20-9-6-15-27(34)32-23-33-28-16-7-10-21-38(28)46(39(33)24-35(32)43)42-44-36(26-13-4-3-5-14-26)25-37(45-42)31-19-12-18-30-29-17-8-11-22-40(29)47-41(30)31/h3-25H,1-2H3.